The number of ether oxygens (including phenoxy) is 1. The van der Waals surface area contributed by atoms with Crippen molar-refractivity contribution in [2.75, 3.05) is 12.8 Å². The van der Waals surface area contributed by atoms with Crippen molar-refractivity contribution in [3.63, 3.8) is 0 Å². The van der Waals surface area contributed by atoms with E-state index >= 15 is 0 Å². The molecular weight excluding hydrogens is 158 g/mol. The van der Waals surface area contributed by atoms with Gasteiger partial charge in [0.15, 0.2) is 5.52 Å². The van der Waals surface area contributed by atoms with Crippen molar-refractivity contribution in [1.82, 2.24) is 15.0 Å². The van der Waals surface area contributed by atoms with Crippen LogP contribution < -0.4 is 15.5 Å². The molecule has 0 radical (unpaired) electrons. The number of rotatable bonds is 1. The highest BCUT2D eigenvalue weighted by Gasteiger charge is 2.12. The number of hydrogen-bond donors (Lipinski definition) is 2. The molecule has 0 unspecified atom stereocenters. The van der Waals surface area contributed by atoms with Gasteiger partial charge in [0.25, 0.3) is 11.5 Å². The molecule has 0 spiro atoms. The van der Waals surface area contributed by atoms with Crippen molar-refractivity contribution in [1.29, 1.82) is 0 Å². The van der Waals surface area contributed by atoms with Gasteiger partial charge in [0.1, 0.15) is 0 Å². The Morgan fingerprint density at radius 1 is 1.67 bits per heavy atom. The third-order valence-electron chi connectivity index (χ3n) is 1.52. The van der Waals surface area contributed by atoms with Gasteiger partial charge in [0.2, 0.25) is 0 Å². The van der Waals surface area contributed by atoms with Gasteiger partial charge in [0, 0.05) is 0 Å². The summed E-state index contributed by atoms with van der Waals surface area (Å²) in [6.07, 6.45) is 1.54. The molecule has 0 fully saturated rings. The minimum Gasteiger partial charge on any atom is -0.470 e. The lowest BCUT2D eigenvalue weighted by Crippen LogP contribution is -2.15. The van der Waals surface area contributed by atoms with E-state index in [-0.39, 0.29) is 5.95 Å². The Balaban J connectivity index is 2.80. The molecule has 0 atom stereocenters. The zero-order valence-corrected chi connectivity index (χ0v) is 6.46. The molecule has 62 valence electrons. The Hall–Kier alpha value is -1.85. The maximum atomic E-state index is 5.46. The standard InChI is InChI=1S/C6H7N5O/c1-12-5-3-4(9-2-8-3)10-6(7)11-5/h2H,1H3,(H3,7,8,9,10,11)/p+1. The fraction of sp³-hybridized carbons (Fsp3) is 0.167. The van der Waals surface area contributed by atoms with Crippen LogP contribution in [0.2, 0.25) is 0 Å². The van der Waals surface area contributed by atoms with Gasteiger partial charge < -0.3 is 9.72 Å². The molecule has 12 heavy (non-hydrogen) atoms. The second kappa shape index (κ2) is 2.33. The number of methoxy groups -OCH3 is 1. The zero-order valence-electron chi connectivity index (χ0n) is 6.46. The molecule has 0 aliphatic rings. The maximum absolute atomic E-state index is 5.46. The van der Waals surface area contributed by atoms with Gasteiger partial charge in [-0.25, -0.2) is 9.97 Å². The van der Waals surface area contributed by atoms with Crippen molar-refractivity contribution < 1.29 is 9.72 Å². The first-order valence-corrected chi connectivity index (χ1v) is 3.37. The van der Waals surface area contributed by atoms with Crippen molar-refractivity contribution in [3.05, 3.63) is 6.33 Å². The Bertz CT molecular complexity index is 409. The Kier molecular flexibility index (Phi) is 1.33. The molecule has 0 saturated carbocycles. The summed E-state index contributed by atoms with van der Waals surface area (Å²) in [7, 11) is 1.55. The SMILES string of the molecule is COc1[nH+]c(N)nc2nc[nH]c12. The lowest BCUT2D eigenvalue weighted by atomic mass is 10.5. The summed E-state index contributed by atoms with van der Waals surface area (Å²) in [6.45, 7) is 0. The number of fused-ring (bicyclic) bond motifs is 1. The molecule has 2 rings (SSSR count). The number of aromatic amines is 2. The van der Waals surface area contributed by atoms with E-state index in [1.54, 1.807) is 7.11 Å². The lowest BCUT2D eigenvalue weighted by Gasteiger charge is -1.95. The van der Waals surface area contributed by atoms with Gasteiger partial charge >= 0.3 is 5.95 Å². The summed E-state index contributed by atoms with van der Waals surface area (Å²) >= 11 is 0. The highest BCUT2D eigenvalue weighted by atomic mass is 16.5. The second-order valence-electron chi connectivity index (χ2n) is 2.26. The Labute approximate surface area is 67.8 Å². The van der Waals surface area contributed by atoms with E-state index in [0.717, 1.165) is 0 Å². The molecule has 0 amide bonds. The van der Waals surface area contributed by atoms with Crippen molar-refractivity contribution >= 4 is 17.1 Å². The summed E-state index contributed by atoms with van der Waals surface area (Å²) in [5, 5.41) is 0. The van der Waals surface area contributed by atoms with Crippen LogP contribution in [0, 0.1) is 0 Å². The van der Waals surface area contributed by atoms with Gasteiger partial charge in [-0.1, -0.05) is 0 Å². The monoisotopic (exact) mass is 166 g/mol. The first-order chi connectivity index (χ1) is 5.81. The molecule has 6 heteroatoms. The minimum atomic E-state index is 0.284. The van der Waals surface area contributed by atoms with Crippen LogP contribution in [0.1, 0.15) is 0 Å². The van der Waals surface area contributed by atoms with Crippen LogP contribution >= 0.6 is 0 Å². The van der Waals surface area contributed by atoms with Crippen LogP contribution in [-0.4, -0.2) is 22.1 Å². The van der Waals surface area contributed by atoms with Crippen LogP contribution in [0.3, 0.4) is 0 Å². The number of nitrogens with zero attached hydrogens (tertiary/aromatic N) is 2. The number of anilines is 1. The summed E-state index contributed by atoms with van der Waals surface area (Å²) in [4.78, 5) is 13.5. The summed E-state index contributed by atoms with van der Waals surface area (Å²) < 4.78 is 5.02. The van der Waals surface area contributed by atoms with Gasteiger partial charge in [-0.05, 0) is 4.98 Å². The van der Waals surface area contributed by atoms with E-state index in [4.69, 9.17) is 10.5 Å². The molecule has 0 bridgehead atoms. The van der Waals surface area contributed by atoms with Crippen LogP contribution in [0.4, 0.5) is 5.95 Å². The molecule has 6 nitrogen and oxygen atoms in total. The number of H-pyrrole nitrogens is 2. The summed E-state index contributed by atoms with van der Waals surface area (Å²) in [5.74, 6) is 0.821. The van der Waals surface area contributed by atoms with Gasteiger partial charge in [-0.15, -0.1) is 0 Å². The third kappa shape index (κ3) is 0.849. The van der Waals surface area contributed by atoms with Gasteiger partial charge in [-0.3, -0.25) is 5.73 Å². The number of nitrogen functional groups attached to an aromatic ring is 1. The highest BCUT2D eigenvalue weighted by molar-refractivity contribution is 5.74. The molecular formula is C6H8N5O+. The van der Waals surface area contributed by atoms with Crippen molar-refractivity contribution in [3.8, 4) is 5.88 Å². The first kappa shape index (κ1) is 6.84. The highest BCUT2D eigenvalue weighted by Crippen LogP contribution is 2.14. The maximum Gasteiger partial charge on any atom is 0.392 e. The predicted octanol–water partition coefficient (Wildman–Crippen LogP) is -0.637. The number of aromatic nitrogens is 4. The van der Waals surface area contributed by atoms with E-state index in [9.17, 15) is 0 Å². The van der Waals surface area contributed by atoms with Crippen LogP contribution in [-0.2, 0) is 0 Å². The lowest BCUT2D eigenvalue weighted by molar-refractivity contribution is -0.377. The van der Waals surface area contributed by atoms with Gasteiger partial charge in [-0.2, -0.15) is 0 Å². The van der Waals surface area contributed by atoms with Crippen molar-refractivity contribution in [2.24, 2.45) is 0 Å². The van der Waals surface area contributed by atoms with E-state index in [0.29, 0.717) is 17.0 Å². The molecule has 0 saturated heterocycles. The topological polar surface area (TPSA) is 91.0 Å². The van der Waals surface area contributed by atoms with E-state index in [1.165, 1.54) is 6.33 Å². The van der Waals surface area contributed by atoms with Crippen molar-refractivity contribution in [2.45, 2.75) is 0 Å². The third-order valence-corrected chi connectivity index (χ3v) is 1.52. The molecule has 4 N–H and O–H groups in total. The van der Waals surface area contributed by atoms with E-state index < -0.39 is 0 Å². The summed E-state index contributed by atoms with van der Waals surface area (Å²) in [5.41, 5.74) is 6.72. The number of nitrogens with one attached hydrogen (secondary N) is 2. The fourth-order valence-corrected chi connectivity index (χ4v) is 1.01. The fourth-order valence-electron chi connectivity index (χ4n) is 1.01. The average molecular weight is 166 g/mol. The quantitative estimate of drug-likeness (QED) is 0.589. The molecule has 2 heterocycles. The predicted molar refractivity (Wildman–Crippen MR) is 41.4 cm³/mol. The average Bonchev–Trinajstić information content (AvgIpc) is 2.50. The smallest absolute Gasteiger partial charge is 0.392 e. The largest absolute Gasteiger partial charge is 0.470 e. The van der Waals surface area contributed by atoms with Gasteiger partial charge in [0.05, 0.1) is 13.4 Å². The number of hydrogen-bond acceptors (Lipinski definition) is 4. The van der Waals surface area contributed by atoms with E-state index in [1.807, 2.05) is 0 Å². The molecule has 2 aromatic heterocycles. The number of imidazole rings is 1. The van der Waals surface area contributed by atoms with Crippen LogP contribution in [0.25, 0.3) is 11.2 Å². The molecule has 2 aromatic rings. The molecule has 0 aliphatic carbocycles. The second-order valence-corrected chi connectivity index (χ2v) is 2.26. The van der Waals surface area contributed by atoms with Crippen LogP contribution in [0.5, 0.6) is 5.88 Å². The first-order valence-electron chi connectivity index (χ1n) is 3.37. The van der Waals surface area contributed by atoms with E-state index in [2.05, 4.69) is 19.9 Å². The van der Waals surface area contributed by atoms with Crippen LogP contribution in [0.15, 0.2) is 6.33 Å². The Morgan fingerprint density at radius 3 is 3.25 bits per heavy atom. The number of nitrogens with two attached hydrogens (primary N) is 1. The normalized spacial score (nSPS) is 10.4. The Morgan fingerprint density at radius 2 is 2.50 bits per heavy atom. The minimum absolute atomic E-state index is 0.284. The summed E-state index contributed by atoms with van der Waals surface area (Å²) in [6, 6.07) is 0. The molecule has 0 aromatic carbocycles. The molecule has 0 aliphatic heterocycles. The zero-order chi connectivity index (χ0) is 8.55.